The van der Waals surface area contributed by atoms with Gasteiger partial charge in [-0.2, -0.15) is 0 Å². The normalized spacial score (nSPS) is 11.1. The van der Waals surface area contributed by atoms with Gasteiger partial charge < -0.3 is 15.7 Å². The monoisotopic (exact) mass is 282 g/mol. The number of rotatable bonds is 4. The summed E-state index contributed by atoms with van der Waals surface area (Å²) < 4.78 is 13.6. The third kappa shape index (κ3) is 4.31. The zero-order chi connectivity index (χ0) is 15.3. The van der Waals surface area contributed by atoms with E-state index in [-0.39, 0.29) is 24.6 Å². The van der Waals surface area contributed by atoms with Crippen molar-refractivity contribution in [2.24, 2.45) is 5.41 Å². The largest absolute Gasteiger partial charge is 0.395 e. The molecule has 0 aliphatic carbocycles. The molecular weight excluding hydrogens is 263 g/mol. The van der Waals surface area contributed by atoms with Crippen LogP contribution < -0.4 is 10.6 Å². The molecule has 110 valence electrons. The van der Waals surface area contributed by atoms with E-state index in [1.165, 1.54) is 12.1 Å². The van der Waals surface area contributed by atoms with Gasteiger partial charge in [0.1, 0.15) is 5.82 Å². The summed E-state index contributed by atoms with van der Waals surface area (Å²) in [5.74, 6) is -1.55. The van der Waals surface area contributed by atoms with E-state index in [1.807, 2.05) is 0 Å². The molecule has 0 aromatic heterocycles. The first kappa shape index (κ1) is 16.1. The van der Waals surface area contributed by atoms with Gasteiger partial charge in [0.25, 0.3) is 5.91 Å². The van der Waals surface area contributed by atoms with Gasteiger partial charge in [-0.3, -0.25) is 9.59 Å². The molecule has 0 heterocycles. The van der Waals surface area contributed by atoms with Crippen LogP contribution in [0.4, 0.5) is 10.1 Å². The van der Waals surface area contributed by atoms with Gasteiger partial charge in [0.05, 0.1) is 12.2 Å². The van der Waals surface area contributed by atoms with Gasteiger partial charge in [-0.05, 0) is 18.2 Å². The van der Waals surface area contributed by atoms with E-state index in [1.54, 1.807) is 20.8 Å². The Morgan fingerprint density at radius 1 is 1.30 bits per heavy atom. The second-order valence-corrected chi connectivity index (χ2v) is 5.38. The molecule has 2 amide bonds. The van der Waals surface area contributed by atoms with E-state index in [0.29, 0.717) is 5.69 Å². The zero-order valence-corrected chi connectivity index (χ0v) is 11.8. The van der Waals surface area contributed by atoms with Gasteiger partial charge in [0.2, 0.25) is 5.91 Å². The maximum absolute atomic E-state index is 13.6. The number of hydrogen-bond acceptors (Lipinski definition) is 3. The number of aliphatic hydroxyl groups is 1. The maximum atomic E-state index is 13.6. The maximum Gasteiger partial charge on any atom is 0.254 e. The number of halogens is 1. The fourth-order valence-electron chi connectivity index (χ4n) is 1.36. The predicted octanol–water partition coefficient (Wildman–Crippen LogP) is 1.53. The minimum atomic E-state index is -0.686. The van der Waals surface area contributed by atoms with Crippen LogP contribution in [-0.2, 0) is 4.79 Å². The van der Waals surface area contributed by atoms with Crippen molar-refractivity contribution in [3.63, 3.8) is 0 Å². The first-order valence-electron chi connectivity index (χ1n) is 6.26. The number of amides is 2. The number of hydrogen-bond donors (Lipinski definition) is 3. The van der Waals surface area contributed by atoms with E-state index in [2.05, 4.69) is 10.6 Å². The smallest absolute Gasteiger partial charge is 0.254 e. The Kier molecular flexibility index (Phi) is 5.21. The zero-order valence-electron chi connectivity index (χ0n) is 11.8. The summed E-state index contributed by atoms with van der Waals surface area (Å²) in [7, 11) is 0. The van der Waals surface area contributed by atoms with Crippen LogP contribution in [0, 0.1) is 11.2 Å². The molecule has 6 heteroatoms. The van der Waals surface area contributed by atoms with Crippen molar-refractivity contribution in [2.45, 2.75) is 20.8 Å². The Hall–Kier alpha value is -1.95. The first-order chi connectivity index (χ1) is 9.25. The van der Waals surface area contributed by atoms with Crippen molar-refractivity contribution in [3.8, 4) is 0 Å². The minimum Gasteiger partial charge on any atom is -0.395 e. The molecular formula is C14H19FN2O3. The highest BCUT2D eigenvalue weighted by Crippen LogP contribution is 2.19. The molecule has 1 aromatic rings. The molecule has 0 spiro atoms. The van der Waals surface area contributed by atoms with E-state index < -0.39 is 17.1 Å². The SMILES string of the molecule is CC(C)(C)C(=O)Nc1ccc(F)c(C(=O)NCCO)c1. The molecule has 20 heavy (non-hydrogen) atoms. The fourth-order valence-corrected chi connectivity index (χ4v) is 1.36. The second kappa shape index (κ2) is 6.47. The summed E-state index contributed by atoms with van der Waals surface area (Å²) in [5, 5.41) is 13.6. The van der Waals surface area contributed by atoms with Crippen LogP contribution in [0.5, 0.6) is 0 Å². The number of nitrogens with one attached hydrogen (secondary N) is 2. The van der Waals surface area contributed by atoms with E-state index in [4.69, 9.17) is 5.11 Å². The molecule has 1 aromatic carbocycles. The van der Waals surface area contributed by atoms with Gasteiger partial charge >= 0.3 is 0 Å². The van der Waals surface area contributed by atoms with Crippen molar-refractivity contribution in [1.82, 2.24) is 5.32 Å². The molecule has 0 bridgehead atoms. The Bertz CT molecular complexity index is 510. The van der Waals surface area contributed by atoms with Gasteiger partial charge in [-0.15, -0.1) is 0 Å². The average molecular weight is 282 g/mol. The molecule has 0 saturated carbocycles. The summed E-state index contributed by atoms with van der Waals surface area (Å²) in [6.45, 7) is 5.06. The van der Waals surface area contributed by atoms with Crippen LogP contribution in [0.1, 0.15) is 31.1 Å². The molecule has 1 rings (SSSR count). The molecule has 0 aliphatic rings. The summed E-state index contributed by atoms with van der Waals surface area (Å²) in [6.07, 6.45) is 0. The van der Waals surface area contributed by atoms with Crippen molar-refractivity contribution >= 4 is 17.5 Å². The van der Waals surface area contributed by atoms with Crippen molar-refractivity contribution in [2.75, 3.05) is 18.5 Å². The standard InChI is InChI=1S/C14H19FN2O3/c1-14(2,3)13(20)17-9-4-5-11(15)10(8-9)12(19)16-6-7-18/h4-5,8,18H,6-7H2,1-3H3,(H,16,19)(H,17,20). The molecule has 3 N–H and O–H groups in total. The second-order valence-electron chi connectivity index (χ2n) is 5.38. The summed E-state index contributed by atoms with van der Waals surface area (Å²) in [4.78, 5) is 23.5. The number of benzene rings is 1. The highest BCUT2D eigenvalue weighted by atomic mass is 19.1. The number of carbonyl (C=O) groups is 2. The Balaban J connectivity index is 2.91. The van der Waals surface area contributed by atoms with Gasteiger partial charge in [-0.1, -0.05) is 20.8 Å². The van der Waals surface area contributed by atoms with Crippen LogP contribution in [0.3, 0.4) is 0 Å². The lowest BCUT2D eigenvalue weighted by Gasteiger charge is -2.18. The van der Waals surface area contributed by atoms with Crippen LogP contribution in [0.25, 0.3) is 0 Å². The van der Waals surface area contributed by atoms with Crippen LogP contribution >= 0.6 is 0 Å². The molecule has 0 atom stereocenters. The molecule has 5 nitrogen and oxygen atoms in total. The van der Waals surface area contributed by atoms with Gasteiger partial charge in [-0.25, -0.2) is 4.39 Å². The first-order valence-corrected chi connectivity index (χ1v) is 6.26. The molecule has 0 aliphatic heterocycles. The van der Waals surface area contributed by atoms with Gasteiger partial charge in [0.15, 0.2) is 0 Å². The van der Waals surface area contributed by atoms with Crippen molar-refractivity contribution in [3.05, 3.63) is 29.6 Å². The Labute approximate surface area is 117 Å². The van der Waals surface area contributed by atoms with E-state index in [0.717, 1.165) is 6.07 Å². The minimum absolute atomic E-state index is 0.0385. The van der Waals surface area contributed by atoms with Gasteiger partial charge in [0, 0.05) is 17.6 Å². The Morgan fingerprint density at radius 2 is 1.95 bits per heavy atom. The lowest BCUT2D eigenvalue weighted by atomic mass is 9.95. The van der Waals surface area contributed by atoms with Crippen molar-refractivity contribution < 1.29 is 19.1 Å². The molecule has 0 radical (unpaired) electrons. The third-order valence-electron chi connectivity index (χ3n) is 2.55. The summed E-state index contributed by atoms with van der Waals surface area (Å²) >= 11 is 0. The predicted molar refractivity (Wildman–Crippen MR) is 73.9 cm³/mol. The van der Waals surface area contributed by atoms with E-state index >= 15 is 0 Å². The molecule has 0 fully saturated rings. The number of carbonyl (C=O) groups excluding carboxylic acids is 2. The van der Waals surface area contributed by atoms with Crippen molar-refractivity contribution in [1.29, 1.82) is 0 Å². The molecule has 0 saturated heterocycles. The lowest BCUT2D eigenvalue weighted by Crippen LogP contribution is -2.29. The van der Waals surface area contributed by atoms with Crippen LogP contribution in [0.15, 0.2) is 18.2 Å². The number of anilines is 1. The lowest BCUT2D eigenvalue weighted by molar-refractivity contribution is -0.123. The third-order valence-corrected chi connectivity index (χ3v) is 2.55. The highest BCUT2D eigenvalue weighted by molar-refractivity contribution is 5.98. The quantitative estimate of drug-likeness (QED) is 0.783. The Morgan fingerprint density at radius 3 is 2.50 bits per heavy atom. The topological polar surface area (TPSA) is 78.4 Å². The van der Waals surface area contributed by atoms with Crippen LogP contribution in [0.2, 0.25) is 0 Å². The van der Waals surface area contributed by atoms with Crippen LogP contribution in [-0.4, -0.2) is 30.1 Å². The average Bonchev–Trinajstić information content (AvgIpc) is 2.37. The fraction of sp³-hybridized carbons (Fsp3) is 0.429. The highest BCUT2D eigenvalue weighted by Gasteiger charge is 2.22. The summed E-state index contributed by atoms with van der Waals surface area (Å²) in [6, 6.07) is 3.78. The number of aliphatic hydroxyl groups excluding tert-OH is 1. The summed E-state index contributed by atoms with van der Waals surface area (Å²) in [5.41, 5.74) is -0.418. The molecule has 0 unspecified atom stereocenters. The van der Waals surface area contributed by atoms with E-state index in [9.17, 15) is 14.0 Å².